The molecule has 3 rings (SSSR count). The van der Waals surface area contributed by atoms with Crippen molar-refractivity contribution >= 4 is 17.3 Å². The van der Waals surface area contributed by atoms with Crippen molar-refractivity contribution in [2.75, 3.05) is 36.9 Å². The summed E-state index contributed by atoms with van der Waals surface area (Å²) in [6.45, 7) is 2.81. The molecule has 108 valence electrons. The second kappa shape index (κ2) is 4.96. The maximum atomic E-state index is 11.0. The van der Waals surface area contributed by atoms with Crippen molar-refractivity contribution in [3.63, 3.8) is 0 Å². The van der Waals surface area contributed by atoms with E-state index in [2.05, 4.69) is 4.90 Å². The number of nitrogens with zero attached hydrogens (tertiary/aromatic N) is 1. The van der Waals surface area contributed by atoms with Crippen molar-refractivity contribution < 1.29 is 19.4 Å². The molecule has 0 aliphatic carbocycles. The van der Waals surface area contributed by atoms with Gasteiger partial charge in [-0.2, -0.15) is 0 Å². The van der Waals surface area contributed by atoms with Gasteiger partial charge < -0.3 is 25.2 Å². The molecule has 0 saturated carbocycles. The van der Waals surface area contributed by atoms with Gasteiger partial charge in [0.05, 0.1) is 25.3 Å². The van der Waals surface area contributed by atoms with Gasteiger partial charge in [-0.15, -0.1) is 0 Å². The summed E-state index contributed by atoms with van der Waals surface area (Å²) in [6.07, 6.45) is 1.87. The van der Waals surface area contributed by atoms with Gasteiger partial charge in [-0.05, 0) is 24.6 Å². The van der Waals surface area contributed by atoms with Crippen molar-refractivity contribution in [1.29, 1.82) is 0 Å². The van der Waals surface area contributed by atoms with Gasteiger partial charge in [-0.1, -0.05) is 0 Å². The van der Waals surface area contributed by atoms with Gasteiger partial charge in [-0.3, -0.25) is 0 Å². The van der Waals surface area contributed by atoms with E-state index in [1.165, 1.54) is 0 Å². The van der Waals surface area contributed by atoms with Gasteiger partial charge in [0.25, 0.3) is 0 Å². The van der Waals surface area contributed by atoms with Crippen LogP contribution >= 0.6 is 0 Å². The zero-order valence-electron chi connectivity index (χ0n) is 11.2. The molecule has 6 nitrogen and oxygen atoms in total. The number of rotatable bonds is 2. The Balaban J connectivity index is 1.82. The summed E-state index contributed by atoms with van der Waals surface area (Å²) in [5.41, 5.74) is 7.13. The van der Waals surface area contributed by atoms with E-state index in [4.69, 9.17) is 20.3 Å². The van der Waals surface area contributed by atoms with Gasteiger partial charge >= 0.3 is 5.97 Å². The number of ether oxygens (including phenoxy) is 2. The zero-order chi connectivity index (χ0) is 14.2. The SMILES string of the molecule is Nc1cc(N2CCCC3(C2)OCCO3)ccc1C(=O)O. The molecule has 2 aliphatic rings. The minimum atomic E-state index is -1.01. The fourth-order valence-corrected chi connectivity index (χ4v) is 2.88. The van der Waals surface area contributed by atoms with Crippen LogP contribution in [0.2, 0.25) is 0 Å². The Kier molecular flexibility index (Phi) is 3.27. The first kappa shape index (κ1) is 13.2. The molecule has 1 spiro atoms. The minimum absolute atomic E-state index is 0.133. The van der Waals surface area contributed by atoms with Crippen molar-refractivity contribution in [2.45, 2.75) is 18.6 Å². The first-order chi connectivity index (χ1) is 9.60. The molecule has 20 heavy (non-hydrogen) atoms. The molecule has 2 aliphatic heterocycles. The topological polar surface area (TPSA) is 85.0 Å². The lowest BCUT2D eigenvalue weighted by Crippen LogP contribution is -2.49. The van der Waals surface area contributed by atoms with Gasteiger partial charge in [0.1, 0.15) is 0 Å². The molecule has 0 bridgehead atoms. The molecular weight excluding hydrogens is 260 g/mol. The number of aromatic carboxylic acids is 1. The molecule has 1 aromatic rings. The Bertz CT molecular complexity index is 526. The molecule has 0 radical (unpaired) electrons. The summed E-state index contributed by atoms with van der Waals surface area (Å²) in [5, 5.41) is 9.00. The number of nitrogen functional groups attached to an aromatic ring is 1. The standard InChI is InChI=1S/C14H18N2O4/c15-12-8-10(2-3-11(12)13(17)18)16-5-1-4-14(9-16)19-6-7-20-14/h2-3,8H,1,4-7,9,15H2,(H,17,18). The van der Waals surface area contributed by atoms with Crippen molar-refractivity contribution in [1.82, 2.24) is 0 Å². The van der Waals surface area contributed by atoms with Crippen LogP contribution in [-0.2, 0) is 9.47 Å². The largest absolute Gasteiger partial charge is 0.478 e. The first-order valence-electron chi connectivity index (χ1n) is 6.75. The lowest BCUT2D eigenvalue weighted by atomic mass is 10.0. The summed E-state index contributed by atoms with van der Waals surface area (Å²) in [4.78, 5) is 13.1. The monoisotopic (exact) mass is 278 g/mol. The molecular formula is C14H18N2O4. The number of hydrogen-bond acceptors (Lipinski definition) is 5. The predicted octanol–water partition coefficient (Wildman–Crippen LogP) is 1.31. The Hall–Kier alpha value is -1.79. The number of hydrogen-bond donors (Lipinski definition) is 2. The van der Waals surface area contributed by atoms with Crippen LogP contribution in [0.1, 0.15) is 23.2 Å². The molecule has 0 amide bonds. The maximum absolute atomic E-state index is 11.0. The van der Waals surface area contributed by atoms with Crippen LogP contribution < -0.4 is 10.6 Å². The van der Waals surface area contributed by atoms with Crippen LogP contribution in [0.5, 0.6) is 0 Å². The third-order valence-electron chi connectivity index (χ3n) is 3.86. The molecule has 2 fully saturated rings. The first-order valence-corrected chi connectivity index (χ1v) is 6.75. The van der Waals surface area contributed by atoms with Crippen LogP contribution in [0.15, 0.2) is 18.2 Å². The Labute approximate surface area is 117 Å². The molecule has 6 heteroatoms. The Morgan fingerprint density at radius 2 is 2.10 bits per heavy atom. The molecule has 0 aromatic heterocycles. The summed E-state index contributed by atoms with van der Waals surface area (Å²) < 4.78 is 11.5. The summed E-state index contributed by atoms with van der Waals surface area (Å²) in [5.74, 6) is -1.51. The lowest BCUT2D eigenvalue weighted by Gasteiger charge is -2.39. The summed E-state index contributed by atoms with van der Waals surface area (Å²) >= 11 is 0. The van der Waals surface area contributed by atoms with Crippen LogP contribution in [0.4, 0.5) is 11.4 Å². The number of carboxylic acid groups (broad SMARTS) is 1. The van der Waals surface area contributed by atoms with Crippen molar-refractivity contribution in [3.05, 3.63) is 23.8 Å². The second-order valence-electron chi connectivity index (χ2n) is 5.21. The molecule has 0 unspecified atom stereocenters. The highest BCUT2D eigenvalue weighted by Gasteiger charge is 2.40. The van der Waals surface area contributed by atoms with Crippen LogP contribution in [0, 0.1) is 0 Å². The quantitative estimate of drug-likeness (QED) is 0.793. The average molecular weight is 278 g/mol. The highest BCUT2D eigenvalue weighted by molar-refractivity contribution is 5.94. The minimum Gasteiger partial charge on any atom is -0.478 e. The average Bonchev–Trinajstić information content (AvgIpc) is 2.86. The van der Waals surface area contributed by atoms with Crippen LogP contribution in [0.25, 0.3) is 0 Å². The zero-order valence-corrected chi connectivity index (χ0v) is 11.2. The fourth-order valence-electron chi connectivity index (χ4n) is 2.88. The molecule has 1 aromatic carbocycles. The lowest BCUT2D eigenvalue weighted by molar-refractivity contribution is -0.161. The van der Waals surface area contributed by atoms with E-state index in [0.29, 0.717) is 19.8 Å². The van der Waals surface area contributed by atoms with E-state index in [1.54, 1.807) is 18.2 Å². The van der Waals surface area contributed by atoms with Gasteiger partial charge in [-0.25, -0.2) is 4.79 Å². The summed E-state index contributed by atoms with van der Waals surface area (Å²) in [7, 11) is 0. The highest BCUT2D eigenvalue weighted by atomic mass is 16.7. The van der Waals surface area contributed by atoms with E-state index in [0.717, 1.165) is 25.1 Å². The number of carbonyl (C=O) groups is 1. The third kappa shape index (κ3) is 2.32. The summed E-state index contributed by atoms with van der Waals surface area (Å²) in [6, 6.07) is 5.04. The molecule has 2 heterocycles. The normalized spacial score (nSPS) is 21.3. The smallest absolute Gasteiger partial charge is 0.337 e. The Morgan fingerprint density at radius 3 is 2.75 bits per heavy atom. The van der Waals surface area contributed by atoms with E-state index in [1.807, 2.05) is 0 Å². The van der Waals surface area contributed by atoms with Gasteiger partial charge in [0.15, 0.2) is 5.79 Å². The van der Waals surface area contributed by atoms with E-state index in [-0.39, 0.29) is 11.3 Å². The molecule has 3 N–H and O–H groups in total. The third-order valence-corrected chi connectivity index (χ3v) is 3.86. The molecule has 2 saturated heterocycles. The number of carboxylic acids is 1. The predicted molar refractivity (Wildman–Crippen MR) is 73.9 cm³/mol. The maximum Gasteiger partial charge on any atom is 0.337 e. The number of anilines is 2. The van der Waals surface area contributed by atoms with Crippen LogP contribution in [0.3, 0.4) is 0 Å². The number of piperidine rings is 1. The van der Waals surface area contributed by atoms with Crippen LogP contribution in [-0.4, -0.2) is 43.2 Å². The van der Waals surface area contributed by atoms with E-state index < -0.39 is 11.8 Å². The second-order valence-corrected chi connectivity index (χ2v) is 5.21. The van der Waals surface area contributed by atoms with E-state index in [9.17, 15) is 4.79 Å². The molecule has 0 atom stereocenters. The highest BCUT2D eigenvalue weighted by Crippen LogP contribution is 2.33. The van der Waals surface area contributed by atoms with Gasteiger partial charge in [0.2, 0.25) is 0 Å². The number of nitrogens with two attached hydrogens (primary N) is 1. The number of benzene rings is 1. The Morgan fingerprint density at radius 1 is 1.35 bits per heavy atom. The van der Waals surface area contributed by atoms with Crippen molar-refractivity contribution in [3.8, 4) is 0 Å². The van der Waals surface area contributed by atoms with Crippen molar-refractivity contribution in [2.24, 2.45) is 0 Å². The van der Waals surface area contributed by atoms with Gasteiger partial charge in [0, 0.05) is 24.3 Å². The van der Waals surface area contributed by atoms with E-state index >= 15 is 0 Å². The fraction of sp³-hybridized carbons (Fsp3) is 0.500.